The first-order valence-corrected chi connectivity index (χ1v) is 28.9. The van der Waals surface area contributed by atoms with Crippen LogP contribution in [0.1, 0.15) is 72.2 Å². The second-order valence-electron chi connectivity index (χ2n) is 23.7. The molecule has 11 aromatic carbocycles. The fraction of sp³-hybridized carbons (Fsp3) is 0.0897. The van der Waals surface area contributed by atoms with E-state index in [9.17, 15) is 0 Å². The Morgan fingerprint density at radius 1 is 0.349 bits per heavy atom. The molecule has 3 aliphatic carbocycles. The van der Waals surface area contributed by atoms with Gasteiger partial charge in [-0.25, -0.2) is 0 Å². The number of anilines is 6. The number of hydrogen-bond donors (Lipinski definition) is 0. The monoisotopic (exact) mass is 1070 g/mol. The van der Waals surface area contributed by atoms with Crippen LogP contribution >= 0.6 is 0 Å². The summed E-state index contributed by atoms with van der Waals surface area (Å²) in [5.74, 6) is 0. The summed E-state index contributed by atoms with van der Waals surface area (Å²) in [4.78, 5) is 10.8. The Balaban J connectivity index is 1.04. The number of furan rings is 2. The van der Waals surface area contributed by atoms with Crippen LogP contribution in [0.3, 0.4) is 0 Å². The van der Waals surface area contributed by atoms with E-state index < -0.39 is 10.8 Å². The quantitative estimate of drug-likeness (QED) is 0.152. The third-order valence-electron chi connectivity index (χ3n) is 18.7. The standard InChI is InChI=1S/C78H55N3O2/c1-76(2)60-36-20-17-34-58(60)69-61(76)43-42-59-70-62(77(3,4)72(59)69)46-63-71(74(70)81(51-30-15-8-16-31-51)52-40-41-56-54-32-18-21-38-66(54)82-68(56)45-52)73-64(78(63,48-24-9-5-10-25-48)49-26-11-6-12-27-49)44-53(47-79-73)80(50-28-13-7-14-29-50)65-37-23-35-57-55-33-19-22-39-67(55)83-75(57)65/h5-47H,1-4H3. The molecule has 14 aromatic rings. The highest BCUT2D eigenvalue weighted by molar-refractivity contribution is 6.12. The number of nitrogens with zero attached hydrogens (tertiary/aromatic N) is 3. The minimum absolute atomic E-state index is 0.186. The molecule has 0 radical (unpaired) electrons. The highest BCUT2D eigenvalue weighted by Gasteiger charge is 2.53. The Morgan fingerprint density at radius 2 is 0.940 bits per heavy atom. The van der Waals surface area contributed by atoms with Gasteiger partial charge in [0.1, 0.15) is 16.7 Å². The van der Waals surface area contributed by atoms with Gasteiger partial charge in [-0.2, -0.15) is 0 Å². The van der Waals surface area contributed by atoms with Gasteiger partial charge in [-0.15, -0.1) is 0 Å². The lowest BCUT2D eigenvalue weighted by molar-refractivity contribution is 0.646. The van der Waals surface area contributed by atoms with Crippen molar-refractivity contribution < 1.29 is 8.83 Å². The second kappa shape index (κ2) is 17.4. The van der Waals surface area contributed by atoms with E-state index in [2.05, 4.69) is 286 Å². The molecule has 0 saturated heterocycles. The molecule has 394 valence electrons. The van der Waals surface area contributed by atoms with E-state index in [0.717, 1.165) is 106 Å². The zero-order valence-electron chi connectivity index (χ0n) is 46.5. The predicted octanol–water partition coefficient (Wildman–Crippen LogP) is 20.8. The normalized spacial score (nSPS) is 14.6. The highest BCUT2D eigenvalue weighted by atomic mass is 16.3. The molecule has 0 spiro atoms. The maximum absolute atomic E-state index is 6.88. The Labute approximate surface area is 482 Å². The molecule has 0 bridgehead atoms. The minimum atomic E-state index is -0.875. The van der Waals surface area contributed by atoms with Gasteiger partial charge in [0.25, 0.3) is 0 Å². The van der Waals surface area contributed by atoms with Crippen molar-refractivity contribution in [1.82, 2.24) is 4.98 Å². The van der Waals surface area contributed by atoms with Crippen LogP contribution in [-0.4, -0.2) is 4.98 Å². The van der Waals surface area contributed by atoms with E-state index in [-0.39, 0.29) is 5.41 Å². The molecule has 0 aliphatic heterocycles. The minimum Gasteiger partial charge on any atom is -0.456 e. The number of pyridine rings is 1. The largest absolute Gasteiger partial charge is 0.456 e. The predicted molar refractivity (Wildman–Crippen MR) is 341 cm³/mol. The van der Waals surface area contributed by atoms with Crippen LogP contribution in [0.15, 0.2) is 270 Å². The number of aromatic nitrogens is 1. The summed E-state index contributed by atoms with van der Waals surface area (Å²) >= 11 is 0. The fourth-order valence-corrected chi connectivity index (χ4v) is 15.1. The Kier molecular flexibility index (Phi) is 9.97. The molecule has 0 atom stereocenters. The lowest BCUT2D eigenvalue weighted by Gasteiger charge is -2.36. The van der Waals surface area contributed by atoms with E-state index in [1.165, 1.54) is 50.1 Å². The van der Waals surface area contributed by atoms with Crippen molar-refractivity contribution in [3.05, 3.63) is 305 Å². The Hall–Kier alpha value is -10.2. The SMILES string of the molecule is CC1(C)c2ccccc2-c2c1ccc1c2C(C)(C)c2cc3c(c(N(c4ccccc4)c4ccc5c(c4)oc4ccccc45)c2-1)-c1ncc(N(c2ccccc2)c2cccc4c2oc2ccccc24)cc1C3(c1ccccc1)c1ccccc1. The molecule has 0 N–H and O–H groups in total. The van der Waals surface area contributed by atoms with Gasteiger partial charge < -0.3 is 18.6 Å². The van der Waals surface area contributed by atoms with Crippen molar-refractivity contribution >= 4 is 78.0 Å². The van der Waals surface area contributed by atoms with Gasteiger partial charge in [-0.05, 0) is 116 Å². The van der Waals surface area contributed by atoms with E-state index >= 15 is 0 Å². The third-order valence-corrected chi connectivity index (χ3v) is 18.7. The molecule has 0 amide bonds. The highest BCUT2D eigenvalue weighted by Crippen LogP contribution is 2.68. The molecule has 0 fully saturated rings. The molecule has 0 unspecified atom stereocenters. The van der Waals surface area contributed by atoms with Crippen LogP contribution in [-0.2, 0) is 16.2 Å². The number of fused-ring (bicyclic) bond motifs is 16. The van der Waals surface area contributed by atoms with Gasteiger partial charge in [0.05, 0.1) is 34.4 Å². The molecule has 5 heteroatoms. The van der Waals surface area contributed by atoms with E-state index in [4.69, 9.17) is 13.8 Å². The average molecular weight is 1070 g/mol. The van der Waals surface area contributed by atoms with Crippen LogP contribution in [0.25, 0.3) is 77.4 Å². The zero-order chi connectivity index (χ0) is 55.3. The molecule has 5 nitrogen and oxygen atoms in total. The summed E-state index contributed by atoms with van der Waals surface area (Å²) in [7, 11) is 0. The summed E-state index contributed by atoms with van der Waals surface area (Å²) in [6, 6.07) is 92.9. The molecular formula is C78H55N3O2. The molecule has 3 aliphatic rings. The van der Waals surface area contributed by atoms with Crippen LogP contribution in [0, 0.1) is 0 Å². The van der Waals surface area contributed by atoms with Crippen molar-refractivity contribution in [1.29, 1.82) is 0 Å². The number of para-hydroxylation sites is 5. The van der Waals surface area contributed by atoms with E-state index in [1.807, 2.05) is 12.1 Å². The average Bonchev–Trinajstić information content (AvgIpc) is 1.57. The summed E-state index contributed by atoms with van der Waals surface area (Å²) in [6.45, 7) is 9.73. The first kappa shape index (κ1) is 47.6. The molecule has 17 rings (SSSR count). The lowest BCUT2D eigenvalue weighted by atomic mass is 9.66. The first-order valence-electron chi connectivity index (χ1n) is 28.9. The fourth-order valence-electron chi connectivity index (χ4n) is 15.1. The van der Waals surface area contributed by atoms with E-state index in [0.29, 0.717) is 0 Å². The molecule has 3 heterocycles. The van der Waals surface area contributed by atoms with Gasteiger partial charge in [-0.3, -0.25) is 4.98 Å². The number of rotatable bonds is 8. The Bertz CT molecular complexity index is 4940. The summed E-state index contributed by atoms with van der Waals surface area (Å²) < 4.78 is 13.7. The number of hydrogen-bond acceptors (Lipinski definition) is 5. The van der Waals surface area contributed by atoms with Crippen molar-refractivity contribution in [3.63, 3.8) is 0 Å². The van der Waals surface area contributed by atoms with Crippen LogP contribution in [0.2, 0.25) is 0 Å². The van der Waals surface area contributed by atoms with Crippen molar-refractivity contribution in [3.8, 4) is 33.5 Å². The van der Waals surface area contributed by atoms with Gasteiger partial charge >= 0.3 is 0 Å². The topological polar surface area (TPSA) is 45.7 Å². The van der Waals surface area contributed by atoms with Gasteiger partial charge in [-0.1, -0.05) is 216 Å². The van der Waals surface area contributed by atoms with E-state index in [1.54, 1.807) is 0 Å². The lowest BCUT2D eigenvalue weighted by Crippen LogP contribution is -2.30. The zero-order valence-corrected chi connectivity index (χ0v) is 46.5. The van der Waals surface area contributed by atoms with Crippen LogP contribution in [0.5, 0.6) is 0 Å². The number of benzene rings is 11. The Morgan fingerprint density at radius 3 is 1.65 bits per heavy atom. The van der Waals surface area contributed by atoms with Gasteiger partial charge in [0, 0.05) is 72.2 Å². The summed E-state index contributed by atoms with van der Waals surface area (Å²) in [5, 5.41) is 4.32. The molecule has 3 aromatic heterocycles. The first-order chi connectivity index (χ1) is 40.7. The van der Waals surface area contributed by atoms with Crippen molar-refractivity contribution in [2.24, 2.45) is 0 Å². The van der Waals surface area contributed by atoms with Crippen molar-refractivity contribution in [2.75, 3.05) is 9.80 Å². The summed E-state index contributed by atoms with van der Waals surface area (Å²) in [5.41, 5.74) is 24.8. The second-order valence-corrected chi connectivity index (χ2v) is 23.7. The molecule has 83 heavy (non-hydrogen) atoms. The third kappa shape index (κ3) is 6.50. The molecule has 0 saturated carbocycles. The maximum Gasteiger partial charge on any atom is 0.159 e. The maximum atomic E-state index is 6.88. The van der Waals surface area contributed by atoms with Gasteiger partial charge in [0.2, 0.25) is 0 Å². The smallest absolute Gasteiger partial charge is 0.159 e. The van der Waals surface area contributed by atoms with Crippen LogP contribution < -0.4 is 9.80 Å². The van der Waals surface area contributed by atoms with Crippen LogP contribution in [0.4, 0.5) is 34.1 Å². The molecular weight excluding hydrogens is 1010 g/mol. The van der Waals surface area contributed by atoms with Crippen molar-refractivity contribution in [2.45, 2.75) is 43.9 Å². The van der Waals surface area contributed by atoms with Gasteiger partial charge in [0.15, 0.2) is 5.58 Å². The summed E-state index contributed by atoms with van der Waals surface area (Å²) in [6.07, 6.45) is 2.09.